The number of carbonyl (C=O) groups is 1. The number of anilines is 1. The van der Waals surface area contributed by atoms with Crippen molar-refractivity contribution in [2.24, 2.45) is 11.5 Å². The van der Waals surface area contributed by atoms with Gasteiger partial charge < -0.3 is 17.2 Å². The molecule has 1 amide bonds. The molecule has 0 aliphatic carbocycles. The number of benzene rings is 2. The van der Waals surface area contributed by atoms with Crippen LogP contribution in [0.15, 0.2) is 67.4 Å². The van der Waals surface area contributed by atoms with Crippen molar-refractivity contribution in [3.8, 4) is 11.3 Å². The summed E-state index contributed by atoms with van der Waals surface area (Å²) in [5.74, 6) is 0.226. The van der Waals surface area contributed by atoms with Crippen molar-refractivity contribution in [1.29, 1.82) is 0 Å². The van der Waals surface area contributed by atoms with E-state index in [1.165, 1.54) is 35.0 Å². The van der Waals surface area contributed by atoms with Gasteiger partial charge in [-0.2, -0.15) is 0 Å². The van der Waals surface area contributed by atoms with Gasteiger partial charge in [0.1, 0.15) is 5.82 Å². The van der Waals surface area contributed by atoms with Crippen LogP contribution in [0.3, 0.4) is 0 Å². The minimum atomic E-state index is -0.227. The zero-order valence-electron chi connectivity index (χ0n) is 23.8. The van der Waals surface area contributed by atoms with Crippen molar-refractivity contribution in [1.82, 2.24) is 4.98 Å². The Balaban J connectivity index is 0.00000153. The van der Waals surface area contributed by atoms with Gasteiger partial charge in [-0.05, 0) is 104 Å². The molecule has 2 aromatic carbocycles. The van der Waals surface area contributed by atoms with Crippen LogP contribution in [0.25, 0.3) is 17.3 Å². The van der Waals surface area contributed by atoms with Gasteiger partial charge in [0, 0.05) is 16.9 Å². The zero-order valence-corrected chi connectivity index (χ0v) is 23.8. The summed E-state index contributed by atoms with van der Waals surface area (Å²) in [6.45, 7) is 15.8. The zero-order chi connectivity index (χ0) is 29.1. The fourth-order valence-corrected chi connectivity index (χ4v) is 3.72. The lowest BCUT2D eigenvalue weighted by Crippen LogP contribution is -2.03. The molecule has 0 saturated heterocycles. The Morgan fingerprint density at radius 1 is 1.05 bits per heavy atom. The summed E-state index contributed by atoms with van der Waals surface area (Å²) < 4.78 is 13.4. The van der Waals surface area contributed by atoms with Gasteiger partial charge in [-0.3, -0.25) is 9.78 Å². The van der Waals surface area contributed by atoms with E-state index in [1.54, 1.807) is 0 Å². The third kappa shape index (κ3) is 11.4. The van der Waals surface area contributed by atoms with E-state index in [2.05, 4.69) is 69.2 Å². The molecule has 0 spiro atoms. The standard InChI is InChI=1S/C27H31FN2.C2H5N.C2H6.CH3NO/c1-5-19(3)25-17-24(9-7-6-8-21-11-10-18(2)16-26(21)29)30-27(20(25)4)22-12-14-23(28)15-13-22;1-2-3;1-2;2-1-3/h6,8,10-17,19H,5,7,9,29H2,1-4H3;2H,1,3H2;1-2H3;1H,(H2,2,3)/b8-6+;;;. The lowest BCUT2D eigenvalue weighted by molar-refractivity contribution is -0.106. The molecule has 3 aromatic rings. The predicted octanol–water partition coefficient (Wildman–Crippen LogP) is 7.46. The minimum absolute atomic E-state index is 0.227. The number of nitrogens with zero attached hydrogens (tertiary/aromatic N) is 1. The Morgan fingerprint density at radius 2 is 1.63 bits per heavy atom. The monoisotopic (exact) mass is 520 g/mol. The lowest BCUT2D eigenvalue weighted by atomic mass is 9.91. The number of pyridine rings is 1. The van der Waals surface area contributed by atoms with E-state index in [-0.39, 0.29) is 12.2 Å². The van der Waals surface area contributed by atoms with Crippen LogP contribution in [0.5, 0.6) is 0 Å². The Kier molecular flexibility index (Phi) is 17.2. The highest BCUT2D eigenvalue weighted by Gasteiger charge is 2.14. The summed E-state index contributed by atoms with van der Waals surface area (Å²) in [4.78, 5) is 13.5. The van der Waals surface area contributed by atoms with Gasteiger partial charge in [0.2, 0.25) is 6.41 Å². The van der Waals surface area contributed by atoms with Crippen LogP contribution in [0, 0.1) is 19.7 Å². The maximum atomic E-state index is 13.4. The van der Waals surface area contributed by atoms with Crippen LogP contribution >= 0.6 is 0 Å². The number of carbonyl (C=O) groups excluding carboxylic acids is 1. The van der Waals surface area contributed by atoms with Gasteiger partial charge in [0.05, 0.1) is 5.69 Å². The highest BCUT2D eigenvalue weighted by Crippen LogP contribution is 2.31. The summed E-state index contributed by atoms with van der Waals surface area (Å²) in [5, 5.41) is 0. The molecule has 3 rings (SSSR count). The molecule has 1 unspecified atom stereocenters. The van der Waals surface area contributed by atoms with Gasteiger partial charge in [0.15, 0.2) is 0 Å². The normalized spacial score (nSPS) is 10.6. The Bertz CT molecular complexity index is 1130. The van der Waals surface area contributed by atoms with E-state index in [0.29, 0.717) is 5.92 Å². The van der Waals surface area contributed by atoms with E-state index in [0.717, 1.165) is 47.5 Å². The molecular formula is C32H45FN4O. The first-order chi connectivity index (χ1) is 18.2. The second kappa shape index (κ2) is 19.2. The molecular weight excluding hydrogens is 475 g/mol. The van der Waals surface area contributed by atoms with Crippen LogP contribution in [0.4, 0.5) is 10.1 Å². The van der Waals surface area contributed by atoms with Crippen LogP contribution in [-0.4, -0.2) is 11.4 Å². The third-order valence-electron chi connectivity index (χ3n) is 5.73. The first kappa shape index (κ1) is 34.1. The Labute approximate surface area is 228 Å². The lowest BCUT2D eigenvalue weighted by Gasteiger charge is -2.18. The van der Waals surface area contributed by atoms with E-state index in [4.69, 9.17) is 15.5 Å². The van der Waals surface area contributed by atoms with Crippen molar-refractivity contribution >= 4 is 18.2 Å². The fraction of sp³-hybridized carbons (Fsp3) is 0.312. The van der Waals surface area contributed by atoms with Gasteiger partial charge >= 0.3 is 0 Å². The number of hydrogen-bond acceptors (Lipinski definition) is 4. The average Bonchev–Trinajstić information content (AvgIpc) is 2.90. The Morgan fingerprint density at radius 3 is 2.16 bits per heavy atom. The molecule has 0 radical (unpaired) electrons. The molecule has 206 valence electrons. The van der Waals surface area contributed by atoms with Crippen molar-refractivity contribution in [3.63, 3.8) is 0 Å². The quantitative estimate of drug-likeness (QED) is 0.222. The highest BCUT2D eigenvalue weighted by molar-refractivity contribution is 5.66. The molecule has 1 heterocycles. The molecule has 0 saturated carbocycles. The van der Waals surface area contributed by atoms with Gasteiger partial charge in [-0.25, -0.2) is 4.39 Å². The van der Waals surface area contributed by atoms with Crippen molar-refractivity contribution in [2.75, 3.05) is 5.73 Å². The van der Waals surface area contributed by atoms with Gasteiger partial charge in [-0.1, -0.05) is 58.6 Å². The van der Waals surface area contributed by atoms with E-state index >= 15 is 0 Å². The topological polar surface area (TPSA) is 108 Å². The second-order valence-electron chi connectivity index (χ2n) is 8.44. The molecule has 1 aromatic heterocycles. The number of nitrogens with two attached hydrogens (primary N) is 3. The smallest absolute Gasteiger partial charge is 0.204 e. The van der Waals surface area contributed by atoms with Crippen molar-refractivity contribution < 1.29 is 9.18 Å². The highest BCUT2D eigenvalue weighted by atomic mass is 19.1. The molecule has 6 N–H and O–H groups in total. The summed E-state index contributed by atoms with van der Waals surface area (Å²) in [7, 11) is 0. The molecule has 0 fully saturated rings. The third-order valence-corrected chi connectivity index (χ3v) is 5.73. The molecule has 1 atom stereocenters. The number of aromatic nitrogens is 1. The number of nitrogen functional groups attached to an aromatic ring is 1. The molecule has 0 aliphatic heterocycles. The van der Waals surface area contributed by atoms with E-state index in [1.807, 2.05) is 39.0 Å². The van der Waals surface area contributed by atoms with Gasteiger partial charge in [0.25, 0.3) is 0 Å². The minimum Gasteiger partial charge on any atom is -0.405 e. The Hall–Kier alpha value is -3.93. The SMILES string of the molecule is C=CN.CC.CCC(C)c1cc(CC/C=C/c2ccc(C)cc2N)nc(-c2ccc(F)cc2)c1C.NC=O. The molecule has 0 bridgehead atoms. The summed E-state index contributed by atoms with van der Waals surface area (Å²) in [6, 6.07) is 15.0. The maximum Gasteiger partial charge on any atom is 0.204 e. The van der Waals surface area contributed by atoms with Crippen LogP contribution < -0.4 is 17.2 Å². The number of amides is 1. The predicted molar refractivity (Wildman–Crippen MR) is 162 cm³/mol. The number of hydrogen-bond donors (Lipinski definition) is 3. The molecule has 5 nitrogen and oxygen atoms in total. The maximum absolute atomic E-state index is 13.4. The molecule has 0 aliphatic rings. The fourth-order valence-electron chi connectivity index (χ4n) is 3.72. The van der Waals surface area contributed by atoms with Crippen LogP contribution in [-0.2, 0) is 11.2 Å². The summed E-state index contributed by atoms with van der Waals surface area (Å²) in [6.07, 6.45) is 8.54. The first-order valence-electron chi connectivity index (χ1n) is 13.0. The average molecular weight is 521 g/mol. The number of rotatable bonds is 7. The largest absolute Gasteiger partial charge is 0.405 e. The first-order valence-corrected chi connectivity index (χ1v) is 13.0. The van der Waals surface area contributed by atoms with E-state index in [9.17, 15) is 4.39 Å². The van der Waals surface area contributed by atoms with Crippen LogP contribution in [0.1, 0.15) is 74.4 Å². The van der Waals surface area contributed by atoms with Crippen LogP contribution in [0.2, 0.25) is 0 Å². The number of halogens is 1. The molecule has 38 heavy (non-hydrogen) atoms. The van der Waals surface area contributed by atoms with E-state index < -0.39 is 0 Å². The summed E-state index contributed by atoms with van der Waals surface area (Å²) >= 11 is 0. The van der Waals surface area contributed by atoms with Gasteiger partial charge in [-0.15, -0.1) is 0 Å². The van der Waals surface area contributed by atoms with Crippen molar-refractivity contribution in [3.05, 3.63) is 101 Å². The summed E-state index contributed by atoms with van der Waals surface area (Å²) in [5.41, 5.74) is 23.4. The van der Waals surface area contributed by atoms with Crippen molar-refractivity contribution in [2.45, 2.75) is 66.7 Å². The number of primary amides is 1. The second-order valence-corrected chi connectivity index (χ2v) is 8.44. The number of aryl methyl sites for hydroxylation is 2. The number of allylic oxidation sites excluding steroid dienone is 1. The molecule has 6 heteroatoms.